The maximum Gasteiger partial charge on any atom is 0.303 e. The quantitative estimate of drug-likeness (QED) is 0.812. The molecule has 2 saturated heterocycles. The minimum absolute atomic E-state index is 0.288. The molecule has 3 heterocycles. The first-order valence-corrected chi connectivity index (χ1v) is 9.53. The summed E-state index contributed by atoms with van der Waals surface area (Å²) in [6, 6.07) is 6.10. The first-order chi connectivity index (χ1) is 12.2. The van der Waals surface area contributed by atoms with E-state index < -0.39 is 5.97 Å². The topological polar surface area (TPSA) is 59.9 Å². The molecule has 0 aliphatic carbocycles. The minimum atomic E-state index is -0.681. The average Bonchev–Trinajstić information content (AvgIpc) is 2.63. The van der Waals surface area contributed by atoms with Crippen LogP contribution in [0, 0.1) is 5.92 Å². The summed E-state index contributed by atoms with van der Waals surface area (Å²) in [4.78, 5) is 22.5. The molecular formula is C19H30N4O2. The molecule has 6 nitrogen and oxygen atoms in total. The van der Waals surface area contributed by atoms with Gasteiger partial charge in [0, 0.05) is 51.9 Å². The number of anilines is 1. The van der Waals surface area contributed by atoms with Crippen LogP contribution in [-0.2, 0) is 4.79 Å². The Hall–Kier alpha value is -1.66. The lowest BCUT2D eigenvalue weighted by Gasteiger charge is -2.39. The van der Waals surface area contributed by atoms with E-state index in [0.717, 1.165) is 64.0 Å². The summed E-state index contributed by atoms with van der Waals surface area (Å²) in [6.45, 7) is 8.65. The normalized spacial score (nSPS) is 22.9. The van der Waals surface area contributed by atoms with Crippen LogP contribution in [-0.4, -0.2) is 78.2 Å². The Balaban J connectivity index is 1.39. The molecule has 0 spiro atoms. The van der Waals surface area contributed by atoms with Gasteiger partial charge in [-0.25, -0.2) is 4.98 Å². The van der Waals surface area contributed by atoms with Gasteiger partial charge in [-0.15, -0.1) is 0 Å². The number of aromatic nitrogens is 1. The number of carboxylic acids is 1. The Morgan fingerprint density at radius 1 is 1.16 bits per heavy atom. The summed E-state index contributed by atoms with van der Waals surface area (Å²) in [7, 11) is 0. The zero-order valence-electron chi connectivity index (χ0n) is 15.0. The number of piperazine rings is 1. The number of carbonyl (C=O) groups is 1. The Morgan fingerprint density at radius 3 is 2.72 bits per heavy atom. The van der Waals surface area contributed by atoms with Crippen molar-refractivity contribution in [2.75, 3.05) is 57.3 Å². The van der Waals surface area contributed by atoms with E-state index >= 15 is 0 Å². The lowest BCUT2D eigenvalue weighted by atomic mass is 9.97. The van der Waals surface area contributed by atoms with Gasteiger partial charge in [0.05, 0.1) is 0 Å². The van der Waals surface area contributed by atoms with E-state index in [1.807, 2.05) is 12.3 Å². The highest BCUT2D eigenvalue weighted by molar-refractivity contribution is 5.66. The molecular weight excluding hydrogens is 316 g/mol. The van der Waals surface area contributed by atoms with Gasteiger partial charge in [-0.1, -0.05) is 6.07 Å². The summed E-state index contributed by atoms with van der Waals surface area (Å²) < 4.78 is 0. The monoisotopic (exact) mass is 346 g/mol. The maximum atomic E-state index is 10.7. The number of hydrogen-bond acceptors (Lipinski definition) is 5. The molecule has 1 N–H and O–H groups in total. The van der Waals surface area contributed by atoms with Crippen molar-refractivity contribution in [1.29, 1.82) is 0 Å². The van der Waals surface area contributed by atoms with Crippen LogP contribution in [0.1, 0.15) is 25.7 Å². The van der Waals surface area contributed by atoms with Crippen LogP contribution in [0.2, 0.25) is 0 Å². The highest BCUT2D eigenvalue weighted by Crippen LogP contribution is 2.20. The summed E-state index contributed by atoms with van der Waals surface area (Å²) >= 11 is 0. The third kappa shape index (κ3) is 5.68. The molecule has 2 aliphatic rings. The Bertz CT molecular complexity index is 531. The number of likely N-dealkylation sites (tertiary alicyclic amines) is 1. The van der Waals surface area contributed by atoms with Crippen LogP contribution < -0.4 is 4.90 Å². The van der Waals surface area contributed by atoms with E-state index in [-0.39, 0.29) is 6.42 Å². The summed E-state index contributed by atoms with van der Waals surface area (Å²) in [5, 5.41) is 8.78. The van der Waals surface area contributed by atoms with Crippen molar-refractivity contribution in [3.8, 4) is 0 Å². The number of pyridine rings is 1. The van der Waals surface area contributed by atoms with Gasteiger partial charge in [0.15, 0.2) is 0 Å². The standard InChI is InChI=1S/C19H30N4O2/c24-19(25)7-4-10-21-9-3-5-17(15-21)16-22-11-13-23(14-12-22)18-6-1-2-8-20-18/h1-2,6,8,17H,3-5,7,9-16H2,(H,24,25)/t17-/m1/s1. The largest absolute Gasteiger partial charge is 0.481 e. The first kappa shape index (κ1) is 18.1. The fourth-order valence-corrected chi connectivity index (χ4v) is 4.02. The predicted octanol–water partition coefficient (Wildman–Crippen LogP) is 1.78. The van der Waals surface area contributed by atoms with E-state index in [9.17, 15) is 4.79 Å². The van der Waals surface area contributed by atoms with E-state index in [1.165, 1.54) is 19.4 Å². The van der Waals surface area contributed by atoms with Gasteiger partial charge >= 0.3 is 5.97 Å². The smallest absolute Gasteiger partial charge is 0.303 e. The fourth-order valence-electron chi connectivity index (χ4n) is 4.02. The molecule has 1 atom stereocenters. The van der Waals surface area contributed by atoms with Crippen molar-refractivity contribution in [3.63, 3.8) is 0 Å². The molecule has 0 aromatic carbocycles. The van der Waals surface area contributed by atoms with Gasteiger partial charge in [-0.05, 0) is 50.4 Å². The van der Waals surface area contributed by atoms with Crippen LogP contribution in [0.4, 0.5) is 5.82 Å². The van der Waals surface area contributed by atoms with Crippen LogP contribution >= 0.6 is 0 Å². The molecule has 2 fully saturated rings. The van der Waals surface area contributed by atoms with Gasteiger partial charge in [0.25, 0.3) is 0 Å². The Labute approximate surface area is 150 Å². The number of rotatable bonds is 7. The summed E-state index contributed by atoms with van der Waals surface area (Å²) in [5.74, 6) is 1.13. The van der Waals surface area contributed by atoms with Crippen molar-refractivity contribution in [2.24, 2.45) is 5.92 Å². The van der Waals surface area contributed by atoms with E-state index in [0.29, 0.717) is 0 Å². The second-order valence-electron chi connectivity index (χ2n) is 7.28. The third-order valence-electron chi connectivity index (χ3n) is 5.33. The zero-order valence-corrected chi connectivity index (χ0v) is 15.0. The number of piperidine rings is 1. The van der Waals surface area contributed by atoms with Crippen LogP contribution in [0.25, 0.3) is 0 Å². The Kier molecular flexibility index (Phi) is 6.64. The van der Waals surface area contributed by atoms with Crippen molar-refractivity contribution < 1.29 is 9.90 Å². The molecule has 138 valence electrons. The third-order valence-corrected chi connectivity index (χ3v) is 5.33. The molecule has 6 heteroatoms. The fraction of sp³-hybridized carbons (Fsp3) is 0.684. The summed E-state index contributed by atoms with van der Waals surface area (Å²) in [6.07, 6.45) is 5.46. The van der Waals surface area contributed by atoms with Gasteiger partial charge < -0.3 is 14.9 Å². The minimum Gasteiger partial charge on any atom is -0.481 e. The van der Waals surface area contributed by atoms with Crippen LogP contribution in [0.3, 0.4) is 0 Å². The molecule has 0 unspecified atom stereocenters. The molecule has 0 bridgehead atoms. The molecule has 2 aliphatic heterocycles. The molecule has 0 saturated carbocycles. The van der Waals surface area contributed by atoms with Crippen molar-refractivity contribution in [1.82, 2.24) is 14.8 Å². The van der Waals surface area contributed by atoms with E-state index in [4.69, 9.17) is 5.11 Å². The number of carboxylic acid groups (broad SMARTS) is 1. The van der Waals surface area contributed by atoms with Gasteiger partial charge in [0.2, 0.25) is 0 Å². The highest BCUT2D eigenvalue weighted by atomic mass is 16.4. The molecule has 0 amide bonds. The molecule has 25 heavy (non-hydrogen) atoms. The number of nitrogens with zero attached hydrogens (tertiary/aromatic N) is 4. The SMILES string of the molecule is O=C(O)CCCN1CCC[C@@H](CN2CCN(c3ccccn3)CC2)C1. The van der Waals surface area contributed by atoms with Crippen molar-refractivity contribution in [2.45, 2.75) is 25.7 Å². The second kappa shape index (κ2) is 9.15. The van der Waals surface area contributed by atoms with Gasteiger partial charge in [-0.3, -0.25) is 9.69 Å². The maximum absolute atomic E-state index is 10.7. The molecule has 0 radical (unpaired) electrons. The summed E-state index contributed by atoms with van der Waals surface area (Å²) in [5.41, 5.74) is 0. The highest BCUT2D eigenvalue weighted by Gasteiger charge is 2.24. The van der Waals surface area contributed by atoms with Crippen molar-refractivity contribution >= 4 is 11.8 Å². The second-order valence-corrected chi connectivity index (χ2v) is 7.28. The molecule has 1 aromatic heterocycles. The number of aliphatic carboxylic acids is 1. The first-order valence-electron chi connectivity index (χ1n) is 9.53. The van der Waals surface area contributed by atoms with Crippen LogP contribution in [0.15, 0.2) is 24.4 Å². The van der Waals surface area contributed by atoms with E-state index in [2.05, 4.69) is 31.8 Å². The van der Waals surface area contributed by atoms with Gasteiger partial charge in [0.1, 0.15) is 5.82 Å². The number of hydrogen-bond donors (Lipinski definition) is 1. The average molecular weight is 346 g/mol. The predicted molar refractivity (Wildman–Crippen MR) is 98.9 cm³/mol. The lowest BCUT2D eigenvalue weighted by Crippen LogP contribution is -2.49. The Morgan fingerprint density at radius 2 is 2.00 bits per heavy atom. The van der Waals surface area contributed by atoms with Crippen LogP contribution in [0.5, 0.6) is 0 Å². The zero-order chi connectivity index (χ0) is 17.5. The van der Waals surface area contributed by atoms with E-state index in [1.54, 1.807) is 0 Å². The van der Waals surface area contributed by atoms with Crippen molar-refractivity contribution in [3.05, 3.63) is 24.4 Å². The molecule has 3 rings (SSSR count). The molecule has 1 aromatic rings. The lowest BCUT2D eigenvalue weighted by molar-refractivity contribution is -0.137. The van der Waals surface area contributed by atoms with Gasteiger partial charge in [-0.2, -0.15) is 0 Å².